The fraction of sp³-hybridized carbons (Fsp3) is 0.263. The van der Waals surface area contributed by atoms with Crippen LogP contribution in [-0.4, -0.2) is 22.9 Å². The van der Waals surface area contributed by atoms with E-state index in [0.717, 1.165) is 12.1 Å². The second-order valence-corrected chi connectivity index (χ2v) is 6.24. The van der Waals surface area contributed by atoms with Crippen molar-refractivity contribution in [2.45, 2.75) is 32.4 Å². The van der Waals surface area contributed by atoms with E-state index in [9.17, 15) is 28.5 Å². The molecule has 1 atom stereocenters. The van der Waals surface area contributed by atoms with Crippen LogP contribution in [0.25, 0.3) is 0 Å². The van der Waals surface area contributed by atoms with E-state index in [1.54, 1.807) is 13.8 Å². The first kappa shape index (κ1) is 20.9. The van der Waals surface area contributed by atoms with Crippen LogP contribution in [0.3, 0.4) is 0 Å². The molecule has 7 nitrogen and oxygen atoms in total. The van der Waals surface area contributed by atoms with Crippen LogP contribution in [0.4, 0.5) is 14.5 Å². The van der Waals surface area contributed by atoms with Crippen LogP contribution in [0, 0.1) is 21.7 Å². The Morgan fingerprint density at radius 1 is 1.14 bits per heavy atom. The zero-order valence-corrected chi connectivity index (χ0v) is 15.1. The maximum Gasteiger partial charge on any atom is 0.308 e. The molecule has 2 rings (SSSR count). The minimum Gasteiger partial charge on any atom is -0.463 e. The Hall–Kier alpha value is -3.36. The summed E-state index contributed by atoms with van der Waals surface area (Å²) in [6.07, 6.45) is -0.820. The lowest BCUT2D eigenvalue weighted by Gasteiger charge is -2.19. The number of nitrogens with one attached hydrogen (secondary N) is 1. The molecule has 0 saturated heterocycles. The number of carbonyl (C=O) groups is 2. The Morgan fingerprint density at radius 3 is 2.32 bits per heavy atom. The van der Waals surface area contributed by atoms with Gasteiger partial charge in [0.1, 0.15) is 11.6 Å². The Morgan fingerprint density at radius 2 is 1.75 bits per heavy atom. The number of rotatable bonds is 7. The predicted octanol–water partition coefficient (Wildman–Crippen LogP) is 3.69. The number of hydrogen-bond acceptors (Lipinski definition) is 5. The van der Waals surface area contributed by atoms with Gasteiger partial charge in [-0.1, -0.05) is 18.2 Å². The van der Waals surface area contributed by atoms with E-state index in [0.29, 0.717) is 6.07 Å². The van der Waals surface area contributed by atoms with Gasteiger partial charge in [0.05, 0.1) is 29.1 Å². The fourth-order valence-corrected chi connectivity index (χ4v) is 2.59. The minimum atomic E-state index is -1.13. The van der Waals surface area contributed by atoms with Crippen molar-refractivity contribution < 1.29 is 28.0 Å². The van der Waals surface area contributed by atoms with E-state index < -0.39 is 47.0 Å². The van der Waals surface area contributed by atoms with Crippen LogP contribution < -0.4 is 5.32 Å². The van der Waals surface area contributed by atoms with Crippen molar-refractivity contribution in [1.29, 1.82) is 0 Å². The average Bonchev–Trinajstić information content (AvgIpc) is 2.59. The maximum atomic E-state index is 13.4. The van der Waals surface area contributed by atoms with E-state index in [1.165, 1.54) is 24.3 Å². The Balaban J connectivity index is 2.37. The summed E-state index contributed by atoms with van der Waals surface area (Å²) in [6, 6.07) is 6.68. The number of benzene rings is 2. The highest BCUT2D eigenvalue weighted by molar-refractivity contribution is 5.94. The molecule has 148 valence electrons. The molecule has 0 saturated carbocycles. The third kappa shape index (κ3) is 5.57. The largest absolute Gasteiger partial charge is 0.463 e. The molecule has 0 radical (unpaired) electrons. The first-order valence-electron chi connectivity index (χ1n) is 8.37. The predicted molar refractivity (Wildman–Crippen MR) is 95.5 cm³/mol. The third-order valence-electron chi connectivity index (χ3n) is 3.68. The lowest BCUT2D eigenvalue weighted by molar-refractivity contribution is -0.385. The molecule has 9 heteroatoms. The van der Waals surface area contributed by atoms with Gasteiger partial charge >= 0.3 is 5.97 Å². The summed E-state index contributed by atoms with van der Waals surface area (Å²) in [5.74, 6) is -3.49. The molecule has 0 aliphatic rings. The number of nitrogens with zero attached hydrogens (tertiary/aromatic N) is 1. The summed E-state index contributed by atoms with van der Waals surface area (Å²) >= 11 is 0. The highest BCUT2D eigenvalue weighted by atomic mass is 19.1. The van der Waals surface area contributed by atoms with Gasteiger partial charge in [0, 0.05) is 17.7 Å². The van der Waals surface area contributed by atoms with Gasteiger partial charge in [-0.2, -0.15) is 0 Å². The monoisotopic (exact) mass is 392 g/mol. The molecule has 28 heavy (non-hydrogen) atoms. The quantitative estimate of drug-likeness (QED) is 0.440. The Labute approximate surface area is 159 Å². The molecule has 0 fully saturated rings. The van der Waals surface area contributed by atoms with Crippen molar-refractivity contribution >= 4 is 17.6 Å². The van der Waals surface area contributed by atoms with E-state index in [1.807, 2.05) is 0 Å². The van der Waals surface area contributed by atoms with Crippen LogP contribution in [-0.2, 0) is 9.53 Å². The standard InChI is InChI=1S/C19H18F2N2O5/c1-11(2)28-18(24)10-16(15-5-3-4-6-17(15)23(26)27)22-19(25)12-7-13(20)9-14(21)8-12/h3-9,11,16H,10H2,1-2H3,(H,22,25). The zero-order chi connectivity index (χ0) is 20.8. The molecule has 2 aromatic rings. The Kier molecular flexibility index (Phi) is 6.75. The number of halogens is 2. The maximum absolute atomic E-state index is 13.4. The van der Waals surface area contributed by atoms with Gasteiger partial charge in [0.15, 0.2) is 0 Å². The summed E-state index contributed by atoms with van der Waals surface area (Å²) in [7, 11) is 0. The van der Waals surface area contributed by atoms with Gasteiger partial charge in [-0.3, -0.25) is 19.7 Å². The van der Waals surface area contributed by atoms with Gasteiger partial charge in [0.2, 0.25) is 0 Å². The minimum absolute atomic E-state index is 0.0680. The van der Waals surface area contributed by atoms with E-state index >= 15 is 0 Å². The van der Waals surface area contributed by atoms with Crippen molar-refractivity contribution in [3.05, 3.63) is 75.3 Å². The third-order valence-corrected chi connectivity index (χ3v) is 3.68. The summed E-state index contributed by atoms with van der Waals surface area (Å²) in [5.41, 5.74) is -0.563. The van der Waals surface area contributed by atoms with Gasteiger partial charge in [-0.25, -0.2) is 8.78 Å². The van der Waals surface area contributed by atoms with Crippen LogP contribution in [0.1, 0.15) is 42.2 Å². The molecule has 2 aromatic carbocycles. The topological polar surface area (TPSA) is 98.5 Å². The smallest absolute Gasteiger partial charge is 0.308 e. The van der Waals surface area contributed by atoms with Crippen molar-refractivity contribution in [3.63, 3.8) is 0 Å². The van der Waals surface area contributed by atoms with Crippen LogP contribution in [0.2, 0.25) is 0 Å². The SMILES string of the molecule is CC(C)OC(=O)CC(NC(=O)c1cc(F)cc(F)c1)c1ccccc1[N+](=O)[O-]. The molecule has 1 N–H and O–H groups in total. The average molecular weight is 392 g/mol. The molecule has 0 aliphatic carbocycles. The molecule has 1 unspecified atom stereocenters. The van der Waals surface area contributed by atoms with Crippen LogP contribution >= 0.6 is 0 Å². The number of nitro groups is 1. The zero-order valence-electron chi connectivity index (χ0n) is 15.1. The lowest BCUT2D eigenvalue weighted by Crippen LogP contribution is -2.31. The highest BCUT2D eigenvalue weighted by Crippen LogP contribution is 2.28. The van der Waals surface area contributed by atoms with Gasteiger partial charge in [-0.05, 0) is 26.0 Å². The number of para-hydroxylation sites is 1. The summed E-state index contributed by atoms with van der Waals surface area (Å²) in [5, 5.41) is 13.7. The van der Waals surface area contributed by atoms with Crippen molar-refractivity contribution in [1.82, 2.24) is 5.32 Å². The van der Waals surface area contributed by atoms with Crippen LogP contribution in [0.5, 0.6) is 0 Å². The van der Waals surface area contributed by atoms with Crippen molar-refractivity contribution in [2.24, 2.45) is 0 Å². The second-order valence-electron chi connectivity index (χ2n) is 6.24. The summed E-state index contributed by atoms with van der Waals surface area (Å²) in [6.45, 7) is 3.26. The number of carbonyl (C=O) groups excluding carboxylic acids is 2. The molecular formula is C19H18F2N2O5. The first-order chi connectivity index (χ1) is 13.2. The number of ether oxygens (including phenoxy) is 1. The van der Waals surface area contributed by atoms with Gasteiger partial charge < -0.3 is 10.1 Å². The summed E-state index contributed by atoms with van der Waals surface area (Å²) in [4.78, 5) is 35.2. The Bertz CT molecular complexity index is 881. The van der Waals surface area contributed by atoms with Crippen molar-refractivity contribution in [3.8, 4) is 0 Å². The van der Waals surface area contributed by atoms with Gasteiger partial charge in [0.25, 0.3) is 11.6 Å². The van der Waals surface area contributed by atoms with Crippen LogP contribution in [0.15, 0.2) is 42.5 Å². The van der Waals surface area contributed by atoms with E-state index in [4.69, 9.17) is 4.74 Å². The van der Waals surface area contributed by atoms with E-state index in [2.05, 4.69) is 5.32 Å². The molecular weight excluding hydrogens is 374 g/mol. The number of esters is 1. The molecule has 1 amide bonds. The molecule has 0 aromatic heterocycles. The molecule has 0 aliphatic heterocycles. The van der Waals surface area contributed by atoms with Gasteiger partial charge in [-0.15, -0.1) is 0 Å². The van der Waals surface area contributed by atoms with Crippen molar-refractivity contribution in [2.75, 3.05) is 0 Å². The normalized spacial score (nSPS) is 11.8. The highest BCUT2D eigenvalue weighted by Gasteiger charge is 2.27. The lowest BCUT2D eigenvalue weighted by atomic mass is 10.0. The fourth-order valence-electron chi connectivity index (χ4n) is 2.59. The molecule has 0 heterocycles. The first-order valence-corrected chi connectivity index (χ1v) is 8.37. The number of amides is 1. The molecule has 0 spiro atoms. The number of nitro benzene ring substituents is 1. The van der Waals surface area contributed by atoms with E-state index in [-0.39, 0.29) is 16.8 Å². The number of hydrogen-bond donors (Lipinski definition) is 1. The molecule has 0 bridgehead atoms. The summed E-state index contributed by atoms with van der Waals surface area (Å²) < 4.78 is 31.8. The second kappa shape index (κ2) is 9.03.